The lowest BCUT2D eigenvalue weighted by molar-refractivity contribution is -0.122. The van der Waals surface area contributed by atoms with Crippen LogP contribution < -0.4 is 10.2 Å². The highest BCUT2D eigenvalue weighted by atomic mass is 19.3. The molecule has 1 aliphatic heterocycles. The van der Waals surface area contributed by atoms with Gasteiger partial charge in [0.05, 0.1) is 17.2 Å². The average Bonchev–Trinajstić information content (AvgIpc) is 2.99. The third kappa shape index (κ3) is 3.93. The minimum Gasteiger partial charge on any atom is -0.390 e. The number of aryl methyl sites for hydroxylation is 1. The lowest BCUT2D eigenvalue weighted by atomic mass is 9.85. The first-order valence-electron chi connectivity index (χ1n) is 11.8. The van der Waals surface area contributed by atoms with E-state index in [4.69, 9.17) is 5.11 Å². The van der Waals surface area contributed by atoms with Gasteiger partial charge in [0.15, 0.2) is 5.82 Å². The summed E-state index contributed by atoms with van der Waals surface area (Å²) < 4.78 is 28.5. The summed E-state index contributed by atoms with van der Waals surface area (Å²) in [6.45, 7) is 12.0. The minimum absolute atomic E-state index is 0.00900. The molecule has 186 valence electrons. The number of hydrogen-bond acceptors (Lipinski definition) is 5. The van der Waals surface area contributed by atoms with Crippen LogP contribution in [0, 0.1) is 13.8 Å². The maximum absolute atomic E-state index is 14.3. The van der Waals surface area contributed by atoms with Crippen LogP contribution in [0.15, 0.2) is 30.3 Å². The third-order valence-corrected chi connectivity index (χ3v) is 7.07. The van der Waals surface area contributed by atoms with E-state index in [2.05, 4.69) is 15.5 Å². The van der Waals surface area contributed by atoms with Crippen molar-refractivity contribution < 1.29 is 18.7 Å². The van der Waals surface area contributed by atoms with Crippen molar-refractivity contribution in [3.8, 4) is 0 Å². The van der Waals surface area contributed by atoms with E-state index in [0.29, 0.717) is 16.9 Å². The number of nitrogens with zero attached hydrogens (tertiary/aromatic N) is 3. The van der Waals surface area contributed by atoms with E-state index in [1.54, 1.807) is 19.1 Å². The van der Waals surface area contributed by atoms with E-state index in [-0.39, 0.29) is 23.6 Å². The van der Waals surface area contributed by atoms with E-state index in [9.17, 15) is 13.6 Å². The molecule has 6 nitrogen and oxygen atoms in total. The molecule has 0 saturated heterocycles. The first-order valence-corrected chi connectivity index (χ1v) is 11.8. The third-order valence-electron chi connectivity index (χ3n) is 7.07. The van der Waals surface area contributed by atoms with Crippen LogP contribution in [0.5, 0.6) is 0 Å². The predicted octanol–water partition coefficient (Wildman–Crippen LogP) is 5.54. The molecule has 1 aromatic heterocycles. The van der Waals surface area contributed by atoms with Crippen LogP contribution in [0.25, 0.3) is 10.8 Å². The lowest BCUT2D eigenvalue weighted by Gasteiger charge is -2.24. The average molecular weight is 483 g/mol. The molecule has 2 N–H and O–H groups in total. The van der Waals surface area contributed by atoms with Gasteiger partial charge in [-0.2, -0.15) is 13.9 Å². The Morgan fingerprint density at radius 1 is 1.11 bits per heavy atom. The summed E-state index contributed by atoms with van der Waals surface area (Å²) in [6.07, 6.45) is 0. The number of carbonyl (C=O) groups is 1. The summed E-state index contributed by atoms with van der Waals surface area (Å²) in [7, 11) is 0. The Hall–Kier alpha value is -3.13. The number of fused-ring (bicyclic) bond motifs is 2. The topological polar surface area (TPSA) is 78.4 Å². The number of aliphatic hydroxyl groups excluding tert-OH is 1. The van der Waals surface area contributed by atoms with Crippen molar-refractivity contribution in [1.29, 1.82) is 0 Å². The Morgan fingerprint density at radius 2 is 1.80 bits per heavy atom. The number of aliphatic hydroxyl groups is 1. The van der Waals surface area contributed by atoms with Crippen molar-refractivity contribution >= 4 is 28.2 Å². The molecule has 8 heteroatoms. The van der Waals surface area contributed by atoms with Crippen molar-refractivity contribution in [2.45, 2.75) is 71.9 Å². The Balaban J connectivity index is 1.82. The van der Waals surface area contributed by atoms with Crippen LogP contribution in [-0.2, 0) is 16.1 Å². The second-order valence-corrected chi connectivity index (χ2v) is 10.2. The highest BCUT2D eigenvalue weighted by molar-refractivity contribution is 6.11. The second-order valence-electron chi connectivity index (χ2n) is 10.2. The molecule has 2 heterocycles. The maximum atomic E-state index is 14.3. The van der Waals surface area contributed by atoms with E-state index >= 15 is 0 Å². The molecule has 0 unspecified atom stereocenters. The second kappa shape index (κ2) is 8.52. The van der Waals surface area contributed by atoms with Gasteiger partial charge in [0.2, 0.25) is 5.91 Å². The number of anilines is 2. The van der Waals surface area contributed by atoms with Crippen LogP contribution in [0.1, 0.15) is 68.6 Å². The Kier molecular flexibility index (Phi) is 6.08. The number of nitrogens with one attached hydrogen (secondary N) is 1. The van der Waals surface area contributed by atoms with Crippen molar-refractivity contribution in [2.75, 3.05) is 16.8 Å². The largest absolute Gasteiger partial charge is 0.390 e. The van der Waals surface area contributed by atoms with Crippen molar-refractivity contribution in [2.24, 2.45) is 0 Å². The molecule has 1 aliphatic rings. The first kappa shape index (κ1) is 25.0. The number of benzene rings is 2. The quantitative estimate of drug-likeness (QED) is 0.483. The highest BCUT2D eigenvalue weighted by Gasteiger charge is 2.45. The molecule has 0 radical (unpaired) electrons. The summed E-state index contributed by atoms with van der Waals surface area (Å²) in [5.41, 5.74) is 2.78. The summed E-state index contributed by atoms with van der Waals surface area (Å²) in [4.78, 5) is 15.0. The van der Waals surface area contributed by atoms with Crippen LogP contribution in [0.3, 0.4) is 0 Å². The summed E-state index contributed by atoms with van der Waals surface area (Å²) in [5.74, 6) is -2.76. The normalized spacial score (nSPS) is 16.2. The summed E-state index contributed by atoms with van der Waals surface area (Å²) >= 11 is 0. The van der Waals surface area contributed by atoms with Gasteiger partial charge in [0.1, 0.15) is 6.61 Å². The van der Waals surface area contributed by atoms with E-state index in [1.807, 2.05) is 58.6 Å². The van der Waals surface area contributed by atoms with Crippen molar-refractivity contribution in [3.63, 3.8) is 0 Å². The smallest absolute Gasteiger partial charge is 0.296 e. The van der Waals surface area contributed by atoms with Crippen molar-refractivity contribution in [1.82, 2.24) is 10.2 Å². The molecule has 0 saturated carbocycles. The Labute approximate surface area is 204 Å². The number of carbonyl (C=O) groups excluding carboxylic acids is 1. The number of rotatable bonds is 6. The van der Waals surface area contributed by atoms with E-state index in [1.165, 1.54) is 6.07 Å². The number of hydrogen-bond donors (Lipinski definition) is 2. The first-order chi connectivity index (χ1) is 16.3. The van der Waals surface area contributed by atoms with E-state index in [0.717, 1.165) is 27.7 Å². The van der Waals surface area contributed by atoms with Gasteiger partial charge in [-0.05, 0) is 77.3 Å². The highest BCUT2D eigenvalue weighted by Crippen LogP contribution is 2.46. The van der Waals surface area contributed by atoms with Gasteiger partial charge in [-0.15, -0.1) is 5.10 Å². The molecule has 4 rings (SSSR count). The van der Waals surface area contributed by atoms with Gasteiger partial charge < -0.3 is 15.3 Å². The van der Waals surface area contributed by atoms with Gasteiger partial charge in [-0.3, -0.25) is 4.79 Å². The van der Waals surface area contributed by atoms with E-state index < -0.39 is 17.9 Å². The molecule has 3 aromatic rings. The molecule has 0 bridgehead atoms. The van der Waals surface area contributed by atoms with Gasteiger partial charge in [-0.1, -0.05) is 18.2 Å². The fourth-order valence-electron chi connectivity index (χ4n) is 5.05. The molecular weight excluding hydrogens is 450 g/mol. The molecule has 0 fully saturated rings. The fraction of sp³-hybridized carbons (Fsp3) is 0.444. The van der Waals surface area contributed by atoms with Crippen LogP contribution >= 0.6 is 0 Å². The lowest BCUT2D eigenvalue weighted by Crippen LogP contribution is -2.40. The zero-order chi connectivity index (χ0) is 25.9. The number of alkyl halides is 2. The molecule has 0 aliphatic carbocycles. The SMILES string of the molecule is Cc1c([C@@H](C)Nc2nnc(C)c3cc4c(cc23)N(C(C)C)C(=O)C4(C)C)cccc1C(F)(F)CO. The fourth-order valence-corrected chi connectivity index (χ4v) is 5.05. The molecule has 1 amide bonds. The van der Waals surface area contributed by atoms with Crippen LogP contribution in [0.4, 0.5) is 20.3 Å². The molecule has 35 heavy (non-hydrogen) atoms. The molecule has 2 aromatic carbocycles. The minimum atomic E-state index is -3.32. The number of aromatic nitrogens is 2. The monoisotopic (exact) mass is 482 g/mol. The van der Waals surface area contributed by atoms with Gasteiger partial charge in [-0.25, -0.2) is 0 Å². The van der Waals surface area contributed by atoms with Crippen LogP contribution in [-0.4, -0.2) is 33.9 Å². The van der Waals surface area contributed by atoms with Gasteiger partial charge in [0.25, 0.3) is 5.92 Å². The molecule has 1 atom stereocenters. The number of amides is 1. The molecule has 0 spiro atoms. The standard InChI is InChI=1S/C27H32F2N4O2/c1-14(2)33-23-12-20-19(11-22(23)26(6,7)25(33)35)17(5)31-32-24(20)30-16(4)18-9-8-10-21(15(18)3)27(28,29)13-34/h8-12,14,16,34H,13H2,1-7H3,(H,30,32)/t16-/m1/s1. The summed E-state index contributed by atoms with van der Waals surface area (Å²) in [6, 6.07) is 8.33. The predicted molar refractivity (Wildman–Crippen MR) is 134 cm³/mol. The maximum Gasteiger partial charge on any atom is 0.296 e. The zero-order valence-electron chi connectivity index (χ0n) is 21.2. The number of halogens is 2. The Morgan fingerprint density at radius 3 is 2.43 bits per heavy atom. The van der Waals surface area contributed by atoms with Gasteiger partial charge in [0, 0.05) is 28.1 Å². The summed E-state index contributed by atoms with van der Waals surface area (Å²) in [5, 5.41) is 22.9. The van der Waals surface area contributed by atoms with Crippen molar-refractivity contribution in [3.05, 3.63) is 58.3 Å². The Bertz CT molecular complexity index is 1320. The van der Waals surface area contributed by atoms with Gasteiger partial charge >= 0.3 is 0 Å². The zero-order valence-corrected chi connectivity index (χ0v) is 21.2. The molecular formula is C27H32F2N4O2. The van der Waals surface area contributed by atoms with Crippen LogP contribution in [0.2, 0.25) is 0 Å².